The molecule has 1 saturated carbocycles. The minimum Gasteiger partial charge on any atom is -0.361 e. The molecule has 0 spiro atoms. The summed E-state index contributed by atoms with van der Waals surface area (Å²) in [6, 6.07) is 14.6. The average Bonchev–Trinajstić information content (AvgIpc) is 3.38. The van der Waals surface area contributed by atoms with Crippen LogP contribution in [0, 0.1) is 27.3 Å². The van der Waals surface area contributed by atoms with E-state index in [-0.39, 0.29) is 5.54 Å². The molecular weight excluding hydrogens is 322 g/mol. The largest absolute Gasteiger partial charge is 0.361 e. The molecule has 1 aliphatic rings. The van der Waals surface area contributed by atoms with Gasteiger partial charge in [-0.2, -0.15) is 0 Å². The van der Waals surface area contributed by atoms with Gasteiger partial charge in [-0.3, -0.25) is 0 Å². The Morgan fingerprint density at radius 2 is 1.81 bits per heavy atom. The van der Waals surface area contributed by atoms with Crippen LogP contribution in [0.3, 0.4) is 0 Å². The topological polar surface area (TPSA) is 42.4 Å². The van der Waals surface area contributed by atoms with Crippen molar-refractivity contribution in [3.8, 4) is 11.1 Å². The second kappa shape index (κ2) is 6.03. The van der Waals surface area contributed by atoms with E-state index in [2.05, 4.69) is 64.7 Å². The van der Waals surface area contributed by atoms with Gasteiger partial charge in [-0.25, -0.2) is 6.57 Å². The van der Waals surface area contributed by atoms with E-state index in [0.717, 1.165) is 52.4 Å². The average molecular weight is 343 g/mol. The second-order valence-electron chi connectivity index (χ2n) is 7.07. The molecule has 0 saturated heterocycles. The number of hydrogen-bond acceptors (Lipinski definition) is 3. The Kier molecular flexibility index (Phi) is 3.81. The number of rotatable bonds is 4. The van der Waals surface area contributed by atoms with Gasteiger partial charge < -0.3 is 14.7 Å². The van der Waals surface area contributed by atoms with E-state index in [1.165, 1.54) is 5.56 Å². The van der Waals surface area contributed by atoms with Crippen LogP contribution < -0.4 is 5.32 Å². The number of hydrogen-bond donors (Lipinski definition) is 1. The number of benzene rings is 2. The first-order valence-electron chi connectivity index (χ1n) is 8.82. The van der Waals surface area contributed by atoms with E-state index in [4.69, 9.17) is 11.1 Å². The van der Waals surface area contributed by atoms with Crippen molar-refractivity contribution in [1.82, 2.24) is 5.16 Å². The molecule has 4 heteroatoms. The van der Waals surface area contributed by atoms with Crippen LogP contribution in [0.4, 0.5) is 11.4 Å². The molecule has 1 aliphatic carbocycles. The van der Waals surface area contributed by atoms with Gasteiger partial charge in [0.05, 0.1) is 5.69 Å². The van der Waals surface area contributed by atoms with Gasteiger partial charge >= 0.3 is 0 Å². The van der Waals surface area contributed by atoms with Crippen LogP contribution in [0.2, 0.25) is 0 Å². The molecule has 2 aromatic carbocycles. The molecule has 1 heterocycles. The van der Waals surface area contributed by atoms with Crippen molar-refractivity contribution in [2.24, 2.45) is 0 Å². The third-order valence-corrected chi connectivity index (χ3v) is 5.20. The lowest BCUT2D eigenvalue weighted by Gasteiger charge is -2.12. The molecule has 1 aromatic heterocycles. The smallest absolute Gasteiger partial charge is 0.258 e. The van der Waals surface area contributed by atoms with Gasteiger partial charge in [0.2, 0.25) is 0 Å². The molecule has 0 amide bonds. The van der Waals surface area contributed by atoms with Gasteiger partial charge in [-0.15, -0.1) is 0 Å². The molecule has 0 radical (unpaired) electrons. The molecule has 0 atom stereocenters. The Bertz CT molecular complexity index is 985. The molecule has 4 nitrogen and oxygen atoms in total. The first kappa shape index (κ1) is 16.4. The molecule has 1 fully saturated rings. The first-order chi connectivity index (χ1) is 12.5. The van der Waals surface area contributed by atoms with Crippen LogP contribution in [0.25, 0.3) is 16.0 Å². The van der Waals surface area contributed by atoms with Gasteiger partial charge in [0.25, 0.3) is 5.54 Å². The Hall–Kier alpha value is -3.06. The van der Waals surface area contributed by atoms with Crippen LogP contribution >= 0.6 is 0 Å². The summed E-state index contributed by atoms with van der Waals surface area (Å²) in [5.41, 5.74) is 7.17. The maximum absolute atomic E-state index is 7.39. The lowest BCUT2D eigenvalue weighted by Crippen LogP contribution is -2.00. The predicted molar refractivity (Wildman–Crippen MR) is 103 cm³/mol. The van der Waals surface area contributed by atoms with Gasteiger partial charge in [0, 0.05) is 35.3 Å². The molecule has 0 unspecified atom stereocenters. The van der Waals surface area contributed by atoms with Gasteiger partial charge in [-0.1, -0.05) is 17.3 Å². The standard InChI is InChI=1S/C22H21N3O/c1-14-5-6-17(21-15(2)25-26-16(21)3)13-20(14)24-19-9-7-18(8-10-19)22(23-4)11-12-22/h5-10,13,24H,11-12H2,1-3H3. The van der Waals surface area contributed by atoms with E-state index in [0.29, 0.717) is 0 Å². The summed E-state index contributed by atoms with van der Waals surface area (Å²) in [4.78, 5) is 3.80. The Morgan fingerprint density at radius 3 is 2.38 bits per heavy atom. The highest BCUT2D eigenvalue weighted by atomic mass is 16.5. The molecule has 0 bridgehead atoms. The summed E-state index contributed by atoms with van der Waals surface area (Å²) in [6.45, 7) is 13.4. The van der Waals surface area contributed by atoms with E-state index in [1.54, 1.807) is 0 Å². The summed E-state index contributed by atoms with van der Waals surface area (Å²) in [5, 5.41) is 7.56. The molecule has 1 N–H and O–H groups in total. The first-order valence-corrected chi connectivity index (χ1v) is 8.82. The van der Waals surface area contributed by atoms with Crippen molar-refractivity contribution >= 4 is 11.4 Å². The monoisotopic (exact) mass is 343 g/mol. The quantitative estimate of drug-likeness (QED) is 0.598. The number of nitrogens with zero attached hydrogens (tertiary/aromatic N) is 2. The van der Waals surface area contributed by atoms with Gasteiger partial charge in [0.15, 0.2) is 0 Å². The van der Waals surface area contributed by atoms with Crippen molar-refractivity contribution in [3.63, 3.8) is 0 Å². The lowest BCUT2D eigenvalue weighted by molar-refractivity contribution is 0.393. The fraction of sp³-hybridized carbons (Fsp3) is 0.273. The van der Waals surface area contributed by atoms with Gasteiger partial charge in [-0.05, 0) is 62.2 Å². The summed E-state index contributed by atoms with van der Waals surface area (Å²) in [7, 11) is 0. The highest BCUT2D eigenvalue weighted by molar-refractivity contribution is 5.75. The van der Waals surface area contributed by atoms with Crippen LogP contribution in [-0.4, -0.2) is 5.16 Å². The zero-order valence-electron chi connectivity index (χ0n) is 15.3. The van der Waals surface area contributed by atoms with Crippen molar-refractivity contribution in [3.05, 3.63) is 76.5 Å². The van der Waals surface area contributed by atoms with E-state index in [1.807, 2.05) is 13.8 Å². The fourth-order valence-corrected chi connectivity index (χ4v) is 3.41. The van der Waals surface area contributed by atoms with Crippen LogP contribution in [-0.2, 0) is 5.54 Å². The van der Waals surface area contributed by atoms with Crippen molar-refractivity contribution in [2.75, 3.05) is 5.32 Å². The van der Waals surface area contributed by atoms with E-state index < -0.39 is 0 Å². The Balaban J connectivity index is 1.62. The Labute approximate surface area is 153 Å². The van der Waals surface area contributed by atoms with Crippen LogP contribution in [0.15, 0.2) is 47.0 Å². The number of aryl methyl sites for hydroxylation is 3. The zero-order chi connectivity index (χ0) is 18.3. The summed E-state index contributed by atoms with van der Waals surface area (Å²) < 4.78 is 5.31. The molecule has 26 heavy (non-hydrogen) atoms. The second-order valence-corrected chi connectivity index (χ2v) is 7.07. The van der Waals surface area contributed by atoms with E-state index in [9.17, 15) is 0 Å². The lowest BCUT2D eigenvalue weighted by atomic mass is 10.0. The number of anilines is 2. The summed E-state index contributed by atoms with van der Waals surface area (Å²) in [5.74, 6) is 0.829. The highest BCUT2D eigenvalue weighted by Gasteiger charge is 2.52. The molecule has 0 aliphatic heterocycles. The molecule has 3 aromatic rings. The van der Waals surface area contributed by atoms with E-state index >= 15 is 0 Å². The van der Waals surface area contributed by atoms with Gasteiger partial charge in [0.1, 0.15) is 5.76 Å². The SMILES string of the molecule is [C-]#[N+]C1(c2ccc(Nc3cc(-c4c(C)noc4C)ccc3C)cc2)CC1. The third kappa shape index (κ3) is 2.76. The predicted octanol–water partition coefficient (Wildman–Crippen LogP) is 5.92. The number of nitrogens with one attached hydrogen (secondary N) is 1. The van der Waals surface area contributed by atoms with Crippen LogP contribution in [0.5, 0.6) is 0 Å². The maximum atomic E-state index is 7.39. The summed E-state index contributed by atoms with van der Waals surface area (Å²) >= 11 is 0. The van der Waals surface area contributed by atoms with Crippen molar-refractivity contribution in [1.29, 1.82) is 0 Å². The normalized spacial score (nSPS) is 14.7. The Morgan fingerprint density at radius 1 is 1.08 bits per heavy atom. The number of aromatic nitrogens is 1. The molecular formula is C22H21N3O. The van der Waals surface area contributed by atoms with Crippen molar-refractivity contribution < 1.29 is 4.52 Å². The minimum absolute atomic E-state index is 0.252. The zero-order valence-corrected chi connectivity index (χ0v) is 15.3. The molecule has 130 valence electrons. The maximum Gasteiger partial charge on any atom is 0.258 e. The van der Waals surface area contributed by atoms with Crippen LogP contribution in [0.1, 0.15) is 35.4 Å². The minimum atomic E-state index is -0.252. The third-order valence-electron chi connectivity index (χ3n) is 5.20. The summed E-state index contributed by atoms with van der Waals surface area (Å²) in [6.07, 6.45) is 1.95. The fourth-order valence-electron chi connectivity index (χ4n) is 3.41. The molecule has 4 rings (SSSR count). The highest BCUT2D eigenvalue weighted by Crippen LogP contribution is 2.49. The van der Waals surface area contributed by atoms with Crippen molar-refractivity contribution in [2.45, 2.75) is 39.2 Å².